The summed E-state index contributed by atoms with van der Waals surface area (Å²) in [7, 11) is -4.67. The van der Waals surface area contributed by atoms with E-state index in [0.29, 0.717) is 0 Å². The molecule has 0 heterocycles. The van der Waals surface area contributed by atoms with Crippen LogP contribution in [0.3, 0.4) is 0 Å². The first-order valence-corrected chi connectivity index (χ1v) is 2.10. The molecule has 0 radical (unpaired) electrons. The van der Waals surface area contributed by atoms with Crippen molar-refractivity contribution in [1.82, 2.24) is 0 Å². The van der Waals surface area contributed by atoms with E-state index in [2.05, 4.69) is 0 Å². The maximum absolute atomic E-state index is 8.74. The SMILES string of the molecule is O.O.O.O.O.O.O=S(=O)(O)O.[InH3]. The Bertz CT molecular complexity index is 93.0. The van der Waals surface area contributed by atoms with E-state index in [9.17, 15) is 0 Å². The summed E-state index contributed by atoms with van der Waals surface area (Å²) in [4.78, 5) is 0. The molecule has 12 heavy (non-hydrogen) atoms. The van der Waals surface area contributed by atoms with Gasteiger partial charge >= 0.3 is 36.2 Å². The molecular weight excluding hydrogens is 307 g/mol. The zero-order chi connectivity index (χ0) is 4.50. The predicted molar refractivity (Wildman–Crippen MR) is 45.8 cm³/mol. The van der Waals surface area contributed by atoms with Gasteiger partial charge in [0, 0.05) is 0 Å². The molecule has 14 N–H and O–H groups in total. The molecule has 0 saturated heterocycles. The second-order valence-electron chi connectivity index (χ2n) is 0.448. The monoisotopic (exact) mass is 324 g/mol. The zero-order valence-corrected chi connectivity index (χ0v) is 5.94. The second kappa shape index (κ2) is 30.0. The van der Waals surface area contributed by atoms with E-state index >= 15 is 0 Å². The van der Waals surface area contributed by atoms with E-state index in [1.54, 1.807) is 0 Å². The molecule has 0 rings (SSSR count). The van der Waals surface area contributed by atoms with Gasteiger partial charge in [-0.1, -0.05) is 0 Å². The van der Waals surface area contributed by atoms with Crippen molar-refractivity contribution < 1.29 is 50.4 Å². The molecule has 0 aromatic heterocycles. The molecule has 0 aliphatic rings. The van der Waals surface area contributed by atoms with Crippen molar-refractivity contribution in [2.75, 3.05) is 0 Å². The van der Waals surface area contributed by atoms with Crippen molar-refractivity contribution in [2.24, 2.45) is 0 Å². The molecule has 0 amide bonds. The van der Waals surface area contributed by atoms with Crippen molar-refractivity contribution in [3.8, 4) is 0 Å². The molecule has 0 fully saturated rings. The van der Waals surface area contributed by atoms with E-state index in [1.807, 2.05) is 0 Å². The Hall–Kier alpha value is 0.500. The Morgan fingerprint density at radius 2 is 0.667 bits per heavy atom. The van der Waals surface area contributed by atoms with Crippen LogP contribution in [-0.4, -0.2) is 76.2 Å². The minimum atomic E-state index is -4.67. The third kappa shape index (κ3) is 3790. The van der Waals surface area contributed by atoms with Gasteiger partial charge in [-0.05, 0) is 0 Å². The number of rotatable bonds is 0. The molecule has 0 unspecified atom stereocenters. The molecular formula is H17InO10S. The summed E-state index contributed by atoms with van der Waals surface area (Å²) in [6.07, 6.45) is 0. The van der Waals surface area contributed by atoms with Crippen molar-refractivity contribution in [2.45, 2.75) is 0 Å². The van der Waals surface area contributed by atoms with Gasteiger partial charge in [0.25, 0.3) is 0 Å². The Kier molecular flexibility index (Phi) is 204. The first-order valence-electron chi connectivity index (χ1n) is 0.698. The molecule has 0 aliphatic heterocycles. The molecule has 10 nitrogen and oxygen atoms in total. The van der Waals surface area contributed by atoms with Gasteiger partial charge in [0.2, 0.25) is 0 Å². The van der Waals surface area contributed by atoms with Crippen LogP contribution in [0, 0.1) is 0 Å². The van der Waals surface area contributed by atoms with Crippen LogP contribution in [-0.2, 0) is 10.4 Å². The third-order valence-electron chi connectivity index (χ3n) is 0. The molecule has 12 heteroatoms. The van der Waals surface area contributed by atoms with E-state index in [0.717, 1.165) is 0 Å². The van der Waals surface area contributed by atoms with Gasteiger partial charge in [-0.3, -0.25) is 9.11 Å². The Morgan fingerprint density at radius 3 is 0.667 bits per heavy atom. The van der Waals surface area contributed by atoms with Crippen LogP contribution in [0.5, 0.6) is 0 Å². The standard InChI is InChI=1S/In.H2O4S.6H2O.3H/c;1-5(2,3)4;;;;;;;;;/h;(H2,1,2,3,4);6*1H2;;;. The van der Waals surface area contributed by atoms with Crippen LogP contribution < -0.4 is 0 Å². The fraction of sp³-hybridized carbons (Fsp3) is 0. The van der Waals surface area contributed by atoms with E-state index < -0.39 is 10.4 Å². The van der Waals surface area contributed by atoms with Crippen molar-refractivity contribution in [3.63, 3.8) is 0 Å². The number of hydrogen-bond donors (Lipinski definition) is 2. The van der Waals surface area contributed by atoms with Crippen molar-refractivity contribution in [3.05, 3.63) is 0 Å². The summed E-state index contributed by atoms with van der Waals surface area (Å²) in [5, 5.41) is 0. The average molecular weight is 324 g/mol. The zero-order valence-electron chi connectivity index (χ0n) is 5.12. The topological polar surface area (TPSA) is 264 Å². The van der Waals surface area contributed by atoms with Gasteiger partial charge in [0.05, 0.1) is 0 Å². The quantitative estimate of drug-likeness (QED) is 0.411. The molecule has 86 valence electrons. The molecule has 0 aliphatic carbocycles. The van der Waals surface area contributed by atoms with Crippen LogP contribution in [0.15, 0.2) is 0 Å². The second-order valence-corrected chi connectivity index (χ2v) is 1.34. The average Bonchev–Trinajstić information content (AvgIpc) is 0.722. The number of hydrogen-bond acceptors (Lipinski definition) is 2. The fourth-order valence-electron chi connectivity index (χ4n) is 0. The van der Waals surface area contributed by atoms with Gasteiger partial charge in [-0.25, -0.2) is 0 Å². The summed E-state index contributed by atoms with van der Waals surface area (Å²) in [5.74, 6) is 0. The Balaban J connectivity index is -0.00000000381. The van der Waals surface area contributed by atoms with Gasteiger partial charge in [-0.2, -0.15) is 8.42 Å². The predicted octanol–water partition coefficient (Wildman–Crippen LogP) is -6.78. The molecule has 0 aromatic rings. The van der Waals surface area contributed by atoms with E-state index in [4.69, 9.17) is 17.5 Å². The third-order valence-corrected chi connectivity index (χ3v) is 0. The first-order chi connectivity index (χ1) is 2.00. The van der Waals surface area contributed by atoms with E-state index in [1.165, 1.54) is 0 Å². The minimum absolute atomic E-state index is 0. The fourth-order valence-corrected chi connectivity index (χ4v) is 0. The van der Waals surface area contributed by atoms with Gasteiger partial charge in [0.1, 0.15) is 0 Å². The van der Waals surface area contributed by atoms with Crippen LogP contribution >= 0.6 is 0 Å². The van der Waals surface area contributed by atoms with Crippen LogP contribution in [0.25, 0.3) is 0 Å². The van der Waals surface area contributed by atoms with Gasteiger partial charge in [0.15, 0.2) is 0 Å². The molecule has 0 bridgehead atoms. The molecule has 0 atom stereocenters. The van der Waals surface area contributed by atoms with Gasteiger partial charge in [-0.15, -0.1) is 0 Å². The summed E-state index contributed by atoms with van der Waals surface area (Å²) < 4.78 is 31.6. The van der Waals surface area contributed by atoms with Crippen molar-refractivity contribution in [1.29, 1.82) is 0 Å². The molecule has 0 saturated carbocycles. The van der Waals surface area contributed by atoms with Crippen LogP contribution in [0.1, 0.15) is 0 Å². The van der Waals surface area contributed by atoms with Gasteiger partial charge < -0.3 is 32.9 Å². The maximum atomic E-state index is 8.74. The molecule has 0 aromatic carbocycles. The Labute approximate surface area is 86.8 Å². The Morgan fingerprint density at radius 1 is 0.667 bits per heavy atom. The summed E-state index contributed by atoms with van der Waals surface area (Å²) in [6.45, 7) is 0. The summed E-state index contributed by atoms with van der Waals surface area (Å²) in [6, 6.07) is 0. The molecule has 0 spiro atoms. The first kappa shape index (κ1) is 81.6. The summed E-state index contributed by atoms with van der Waals surface area (Å²) in [5.41, 5.74) is 0. The van der Waals surface area contributed by atoms with Crippen LogP contribution in [0.2, 0.25) is 0 Å². The van der Waals surface area contributed by atoms with Crippen LogP contribution in [0.4, 0.5) is 0 Å². The van der Waals surface area contributed by atoms with E-state index in [-0.39, 0.29) is 58.7 Å². The summed E-state index contributed by atoms with van der Waals surface area (Å²) >= 11 is 0. The normalized spacial score (nSPS) is 4.83. The van der Waals surface area contributed by atoms with Crippen molar-refractivity contribution >= 4 is 36.2 Å².